The number of hydrogen-bond acceptors (Lipinski definition) is 2. The molecular formula is C5H4Cl3F6O2P. The van der Waals surface area contributed by atoms with Gasteiger partial charge in [0.05, 0.1) is 0 Å². The van der Waals surface area contributed by atoms with E-state index >= 15 is 0 Å². The smallest absolute Gasteiger partial charge is 0.322 e. The first-order valence-electron chi connectivity index (χ1n) is 3.57. The second-order valence-electron chi connectivity index (χ2n) is 2.50. The van der Waals surface area contributed by atoms with Gasteiger partial charge in [0.2, 0.25) is 8.38 Å². The summed E-state index contributed by atoms with van der Waals surface area (Å²) < 4.78 is 76.0. The third-order valence-electron chi connectivity index (χ3n) is 0.898. The summed E-state index contributed by atoms with van der Waals surface area (Å²) in [5.41, 5.74) is 0. The highest BCUT2D eigenvalue weighted by atomic mass is 35.6. The Morgan fingerprint density at radius 2 is 1.06 bits per heavy atom. The zero-order chi connectivity index (χ0) is 13.9. The van der Waals surface area contributed by atoms with Gasteiger partial charge in [-0.15, -0.1) is 0 Å². The summed E-state index contributed by atoms with van der Waals surface area (Å²) in [7, 11) is -2.97. The summed E-state index contributed by atoms with van der Waals surface area (Å²) >= 11 is 15.4. The van der Waals surface area contributed by atoms with E-state index in [4.69, 9.17) is 34.8 Å². The minimum absolute atomic E-state index is 1.87. The average Bonchev–Trinajstić information content (AvgIpc) is 1.96. The van der Waals surface area contributed by atoms with Crippen LogP contribution in [0.25, 0.3) is 0 Å². The summed E-state index contributed by atoms with van der Waals surface area (Å²) in [5, 5.41) is 0. The first-order chi connectivity index (χ1) is 7.31. The van der Waals surface area contributed by atoms with Crippen LogP contribution in [0.15, 0.2) is 0 Å². The van der Waals surface area contributed by atoms with E-state index in [1.165, 1.54) is 0 Å². The molecule has 0 amide bonds. The molecule has 0 aliphatic carbocycles. The molecule has 0 heterocycles. The Bertz CT molecular complexity index is 221. The fraction of sp³-hybridized carbons (Fsp3) is 1.00. The Balaban J connectivity index is 4.37. The third-order valence-corrected chi connectivity index (χ3v) is 3.28. The van der Waals surface area contributed by atoms with Crippen molar-refractivity contribution in [1.82, 2.24) is 0 Å². The van der Waals surface area contributed by atoms with Gasteiger partial charge in [0.1, 0.15) is 13.2 Å². The first-order valence-corrected chi connectivity index (χ1v) is 5.89. The topological polar surface area (TPSA) is 18.5 Å². The van der Waals surface area contributed by atoms with Gasteiger partial charge in [-0.1, -0.05) is 34.8 Å². The van der Waals surface area contributed by atoms with Crippen LogP contribution in [0, 0.1) is 0 Å². The van der Waals surface area contributed by atoms with Crippen molar-refractivity contribution >= 4 is 43.2 Å². The lowest BCUT2D eigenvalue weighted by molar-refractivity contribution is -0.162. The zero-order valence-electron chi connectivity index (χ0n) is 7.58. The summed E-state index contributed by atoms with van der Waals surface area (Å²) in [6.07, 6.45) is -9.53. The molecule has 0 radical (unpaired) electrons. The van der Waals surface area contributed by atoms with Crippen molar-refractivity contribution in [3.05, 3.63) is 0 Å². The largest absolute Gasteiger partial charge is 0.412 e. The SMILES string of the molecule is FC(F)(F)COP(OCC(F)(F)F)C(Cl)(Cl)Cl. The number of halogens is 9. The van der Waals surface area contributed by atoms with Crippen molar-refractivity contribution in [2.24, 2.45) is 0 Å². The zero-order valence-corrected chi connectivity index (χ0v) is 10.7. The van der Waals surface area contributed by atoms with Crippen molar-refractivity contribution in [3.8, 4) is 0 Å². The van der Waals surface area contributed by atoms with Crippen molar-refractivity contribution in [1.29, 1.82) is 0 Å². The number of alkyl halides is 9. The summed E-state index contributed by atoms with van der Waals surface area (Å²) in [6.45, 7) is -3.74. The van der Waals surface area contributed by atoms with E-state index in [1.54, 1.807) is 0 Å². The van der Waals surface area contributed by atoms with Gasteiger partial charge in [-0.2, -0.15) is 26.3 Å². The maximum atomic E-state index is 11.8. The molecule has 0 spiro atoms. The van der Waals surface area contributed by atoms with Crippen molar-refractivity contribution < 1.29 is 35.4 Å². The van der Waals surface area contributed by atoms with E-state index in [0.717, 1.165) is 0 Å². The second-order valence-corrected chi connectivity index (χ2v) is 7.28. The van der Waals surface area contributed by atoms with Gasteiger partial charge in [0.15, 0.2) is 0 Å². The Kier molecular flexibility index (Phi) is 6.60. The van der Waals surface area contributed by atoms with E-state index < -0.39 is 37.5 Å². The lowest BCUT2D eigenvalue weighted by Gasteiger charge is -2.24. The highest BCUT2D eigenvalue weighted by molar-refractivity contribution is 7.57. The Morgan fingerprint density at radius 1 is 0.765 bits per heavy atom. The van der Waals surface area contributed by atoms with Crippen LogP contribution in [0.2, 0.25) is 0 Å². The second kappa shape index (κ2) is 6.30. The van der Waals surface area contributed by atoms with Crippen LogP contribution in [0.3, 0.4) is 0 Å². The van der Waals surface area contributed by atoms with Gasteiger partial charge in [-0.3, -0.25) is 0 Å². The van der Waals surface area contributed by atoms with Crippen molar-refractivity contribution in [2.45, 2.75) is 15.9 Å². The van der Waals surface area contributed by atoms with Crippen LogP contribution in [0.5, 0.6) is 0 Å². The van der Waals surface area contributed by atoms with E-state index in [1.807, 2.05) is 0 Å². The molecule has 0 fully saturated rings. The standard InChI is InChI=1S/C5H4Cl3F6O2P/c6-5(7,8)17(15-1-3(9,10)11)16-2-4(12,13)14/h1-2H2. The molecule has 0 rings (SSSR count). The molecule has 0 aliphatic rings. The Hall–Kier alpha value is 0.800. The summed E-state index contributed by atoms with van der Waals surface area (Å²) in [6, 6.07) is 0. The van der Waals surface area contributed by atoms with Gasteiger partial charge in [-0.05, 0) is 0 Å². The molecule has 12 heteroatoms. The minimum atomic E-state index is -4.77. The quantitative estimate of drug-likeness (QED) is 0.414. The monoisotopic (exact) mass is 346 g/mol. The maximum Gasteiger partial charge on any atom is 0.412 e. The highest BCUT2D eigenvalue weighted by Gasteiger charge is 2.42. The molecule has 104 valence electrons. The Labute approximate surface area is 108 Å². The molecule has 0 saturated carbocycles. The molecule has 0 atom stereocenters. The number of hydrogen-bond donors (Lipinski definition) is 0. The lowest BCUT2D eigenvalue weighted by Crippen LogP contribution is -2.21. The average molecular weight is 347 g/mol. The van der Waals surface area contributed by atoms with Gasteiger partial charge in [0.25, 0.3) is 3.53 Å². The van der Waals surface area contributed by atoms with Gasteiger partial charge in [0, 0.05) is 0 Å². The highest BCUT2D eigenvalue weighted by Crippen LogP contribution is 2.60. The fourth-order valence-corrected chi connectivity index (χ4v) is 2.22. The predicted octanol–water partition coefficient (Wildman–Crippen LogP) is 4.78. The van der Waals surface area contributed by atoms with Crippen LogP contribution >= 0.6 is 43.2 Å². The van der Waals surface area contributed by atoms with Gasteiger partial charge < -0.3 is 9.05 Å². The van der Waals surface area contributed by atoms with Crippen molar-refractivity contribution in [2.75, 3.05) is 13.2 Å². The van der Waals surface area contributed by atoms with Crippen LogP contribution in [-0.2, 0) is 9.05 Å². The fourth-order valence-electron chi connectivity index (χ4n) is 0.447. The molecule has 0 bridgehead atoms. The first kappa shape index (κ1) is 17.8. The Morgan fingerprint density at radius 3 is 1.24 bits per heavy atom. The van der Waals surface area contributed by atoms with E-state index in [-0.39, 0.29) is 0 Å². The predicted molar refractivity (Wildman–Crippen MR) is 51.2 cm³/mol. The third kappa shape index (κ3) is 10.4. The summed E-state index contributed by atoms with van der Waals surface area (Å²) in [4.78, 5) is 0. The van der Waals surface area contributed by atoms with Gasteiger partial charge >= 0.3 is 12.4 Å². The molecule has 0 aromatic carbocycles. The lowest BCUT2D eigenvalue weighted by atomic mass is 10.7. The van der Waals surface area contributed by atoms with Crippen LogP contribution < -0.4 is 0 Å². The minimum Gasteiger partial charge on any atom is -0.322 e. The maximum absolute atomic E-state index is 11.8. The van der Waals surface area contributed by atoms with Crippen LogP contribution in [0.4, 0.5) is 26.3 Å². The molecule has 0 N–H and O–H groups in total. The molecule has 0 saturated heterocycles. The van der Waals surface area contributed by atoms with Crippen LogP contribution in [0.1, 0.15) is 0 Å². The summed E-state index contributed by atoms with van der Waals surface area (Å²) in [5.74, 6) is 0. The van der Waals surface area contributed by atoms with Crippen LogP contribution in [-0.4, -0.2) is 29.1 Å². The normalized spacial score (nSPS) is 14.5. The van der Waals surface area contributed by atoms with Gasteiger partial charge in [-0.25, -0.2) is 0 Å². The van der Waals surface area contributed by atoms with Crippen molar-refractivity contribution in [3.63, 3.8) is 0 Å². The molecule has 17 heavy (non-hydrogen) atoms. The molecule has 0 unspecified atom stereocenters. The van der Waals surface area contributed by atoms with E-state index in [2.05, 4.69) is 9.05 Å². The molecule has 0 aromatic rings. The molecular weight excluding hydrogens is 343 g/mol. The molecule has 0 aromatic heterocycles. The molecule has 0 aliphatic heterocycles. The molecule has 2 nitrogen and oxygen atoms in total. The number of rotatable bonds is 4. The van der Waals surface area contributed by atoms with E-state index in [0.29, 0.717) is 0 Å². The van der Waals surface area contributed by atoms with E-state index in [9.17, 15) is 26.3 Å².